The lowest BCUT2D eigenvalue weighted by Crippen LogP contribution is -2.21. The summed E-state index contributed by atoms with van der Waals surface area (Å²) in [6.07, 6.45) is 1.61. The summed E-state index contributed by atoms with van der Waals surface area (Å²) in [5, 5.41) is 3.17. The molecule has 0 spiro atoms. The van der Waals surface area contributed by atoms with Gasteiger partial charge in [0.25, 0.3) is 0 Å². The van der Waals surface area contributed by atoms with Gasteiger partial charge in [-0.2, -0.15) is 0 Å². The van der Waals surface area contributed by atoms with Crippen molar-refractivity contribution in [1.82, 2.24) is 4.98 Å². The number of hydrogen-bond donors (Lipinski definition) is 2. The molecule has 5 heteroatoms. The van der Waals surface area contributed by atoms with Crippen LogP contribution in [0.4, 0.5) is 11.4 Å². The molecule has 5 nitrogen and oxygen atoms in total. The van der Waals surface area contributed by atoms with Crippen LogP contribution in [0.2, 0.25) is 0 Å². The van der Waals surface area contributed by atoms with Gasteiger partial charge in [-0.25, -0.2) is 0 Å². The summed E-state index contributed by atoms with van der Waals surface area (Å²) in [7, 11) is 1.87. The van der Waals surface area contributed by atoms with Gasteiger partial charge in [0, 0.05) is 48.8 Å². The van der Waals surface area contributed by atoms with E-state index in [1.807, 2.05) is 13.1 Å². The summed E-state index contributed by atoms with van der Waals surface area (Å²) >= 11 is 0. The Morgan fingerprint density at radius 1 is 1.23 bits per heavy atom. The molecule has 116 valence electrons. The number of pyridine rings is 1. The second-order valence-electron chi connectivity index (χ2n) is 4.95. The van der Waals surface area contributed by atoms with Crippen LogP contribution in [-0.4, -0.2) is 31.0 Å². The zero-order chi connectivity index (χ0) is 16.1. The predicted molar refractivity (Wildman–Crippen MR) is 91.3 cm³/mol. The minimum Gasteiger partial charge on any atom is -0.388 e. The normalized spacial score (nSPS) is 10.3. The summed E-state index contributed by atoms with van der Waals surface area (Å²) in [6, 6.07) is 9.55. The number of carbonyl (C=O) groups is 1. The van der Waals surface area contributed by atoms with Crippen molar-refractivity contribution in [2.45, 2.75) is 13.8 Å². The van der Waals surface area contributed by atoms with Crippen LogP contribution in [0.3, 0.4) is 0 Å². The summed E-state index contributed by atoms with van der Waals surface area (Å²) in [4.78, 5) is 18.0. The molecule has 0 aliphatic rings. The van der Waals surface area contributed by atoms with Gasteiger partial charge in [-0.05, 0) is 44.2 Å². The second kappa shape index (κ2) is 6.93. The lowest BCUT2D eigenvalue weighted by molar-refractivity contribution is 0.1000. The quantitative estimate of drug-likeness (QED) is 0.860. The Morgan fingerprint density at radius 3 is 2.55 bits per heavy atom. The van der Waals surface area contributed by atoms with E-state index < -0.39 is 5.91 Å². The molecule has 1 aromatic carbocycles. The van der Waals surface area contributed by atoms with E-state index in [2.05, 4.69) is 41.2 Å². The molecule has 0 atom stereocenters. The molecule has 0 radical (unpaired) electrons. The van der Waals surface area contributed by atoms with E-state index in [-0.39, 0.29) is 0 Å². The highest BCUT2D eigenvalue weighted by atomic mass is 16.1. The Bertz CT molecular complexity index is 665. The van der Waals surface area contributed by atoms with E-state index in [4.69, 9.17) is 5.73 Å². The number of amides is 1. The van der Waals surface area contributed by atoms with Gasteiger partial charge in [0.15, 0.2) is 0 Å². The first-order chi connectivity index (χ1) is 10.6. The fourth-order valence-corrected chi connectivity index (χ4v) is 2.48. The Morgan fingerprint density at radius 2 is 1.95 bits per heavy atom. The molecule has 0 aliphatic carbocycles. The number of primary amides is 1. The number of nitrogens with two attached hydrogens (primary N) is 1. The van der Waals surface area contributed by atoms with Gasteiger partial charge < -0.3 is 16.0 Å². The highest BCUT2D eigenvalue weighted by Gasteiger charge is 2.11. The van der Waals surface area contributed by atoms with E-state index >= 15 is 0 Å². The fraction of sp³-hybridized carbons (Fsp3) is 0.294. The first kappa shape index (κ1) is 15.8. The highest BCUT2D eigenvalue weighted by Crippen LogP contribution is 2.31. The monoisotopic (exact) mass is 298 g/mol. The molecule has 0 aliphatic heterocycles. The highest BCUT2D eigenvalue weighted by molar-refractivity contribution is 5.94. The van der Waals surface area contributed by atoms with E-state index in [0.29, 0.717) is 5.56 Å². The number of carbonyl (C=O) groups excluding carboxylic acids is 1. The molecule has 3 N–H and O–H groups in total. The molecular formula is C17H22N4O. The van der Waals surface area contributed by atoms with Crippen molar-refractivity contribution >= 4 is 17.3 Å². The van der Waals surface area contributed by atoms with Crippen molar-refractivity contribution in [1.29, 1.82) is 0 Å². The van der Waals surface area contributed by atoms with E-state index in [1.54, 1.807) is 18.3 Å². The van der Waals surface area contributed by atoms with Gasteiger partial charge in [0.05, 0.1) is 5.69 Å². The number of hydrogen-bond acceptors (Lipinski definition) is 4. The van der Waals surface area contributed by atoms with Crippen molar-refractivity contribution in [2.75, 3.05) is 30.4 Å². The number of benzene rings is 1. The average molecular weight is 298 g/mol. The third-order valence-electron chi connectivity index (χ3n) is 3.72. The molecule has 0 fully saturated rings. The number of rotatable bonds is 6. The van der Waals surface area contributed by atoms with Crippen molar-refractivity contribution in [2.24, 2.45) is 5.73 Å². The van der Waals surface area contributed by atoms with Gasteiger partial charge in [-0.1, -0.05) is 0 Å². The molecule has 1 heterocycles. The third kappa shape index (κ3) is 3.19. The van der Waals surface area contributed by atoms with E-state index in [0.717, 1.165) is 35.7 Å². The van der Waals surface area contributed by atoms with Crippen molar-refractivity contribution < 1.29 is 4.79 Å². The SMILES string of the molecule is CCN(CC)c1ccc(NC)c(-c2cc(C(N)=O)ccn2)c1. The van der Waals surface area contributed by atoms with Crippen LogP contribution in [0.25, 0.3) is 11.3 Å². The molecule has 1 aromatic heterocycles. The molecule has 2 rings (SSSR count). The summed E-state index contributed by atoms with van der Waals surface area (Å²) < 4.78 is 0. The van der Waals surface area contributed by atoms with Crippen LogP contribution in [0.15, 0.2) is 36.5 Å². The Kier molecular flexibility index (Phi) is 4.99. The average Bonchev–Trinajstić information content (AvgIpc) is 2.56. The molecule has 0 saturated carbocycles. The van der Waals surface area contributed by atoms with Crippen LogP contribution in [0.1, 0.15) is 24.2 Å². The van der Waals surface area contributed by atoms with Gasteiger partial charge in [0.2, 0.25) is 5.91 Å². The molecular weight excluding hydrogens is 276 g/mol. The fourth-order valence-electron chi connectivity index (χ4n) is 2.48. The van der Waals surface area contributed by atoms with Crippen LogP contribution < -0.4 is 16.0 Å². The Hall–Kier alpha value is -2.56. The van der Waals surface area contributed by atoms with Crippen molar-refractivity contribution in [3.8, 4) is 11.3 Å². The number of anilines is 2. The molecule has 22 heavy (non-hydrogen) atoms. The minimum absolute atomic E-state index is 0.449. The molecule has 0 saturated heterocycles. The smallest absolute Gasteiger partial charge is 0.248 e. The van der Waals surface area contributed by atoms with Gasteiger partial charge in [0.1, 0.15) is 0 Å². The lowest BCUT2D eigenvalue weighted by Gasteiger charge is -2.22. The van der Waals surface area contributed by atoms with Crippen LogP contribution >= 0.6 is 0 Å². The van der Waals surface area contributed by atoms with Gasteiger partial charge >= 0.3 is 0 Å². The number of nitrogens with one attached hydrogen (secondary N) is 1. The summed E-state index contributed by atoms with van der Waals surface area (Å²) in [6.45, 7) is 6.12. The van der Waals surface area contributed by atoms with Gasteiger partial charge in [-0.3, -0.25) is 9.78 Å². The minimum atomic E-state index is -0.449. The van der Waals surface area contributed by atoms with Gasteiger partial charge in [-0.15, -0.1) is 0 Å². The molecule has 0 bridgehead atoms. The largest absolute Gasteiger partial charge is 0.388 e. The Labute approximate surface area is 131 Å². The summed E-state index contributed by atoms with van der Waals surface area (Å²) in [5.41, 5.74) is 9.60. The van der Waals surface area contributed by atoms with E-state index in [1.165, 1.54) is 0 Å². The zero-order valence-electron chi connectivity index (χ0n) is 13.3. The lowest BCUT2D eigenvalue weighted by atomic mass is 10.1. The topological polar surface area (TPSA) is 71.2 Å². The maximum atomic E-state index is 11.4. The standard InChI is InChI=1S/C17H22N4O/c1-4-21(5-2)13-6-7-15(19-3)14(11-13)16-10-12(17(18)22)8-9-20-16/h6-11,19H,4-5H2,1-3H3,(H2,18,22). The van der Waals surface area contributed by atoms with Crippen LogP contribution in [-0.2, 0) is 0 Å². The molecule has 2 aromatic rings. The van der Waals surface area contributed by atoms with E-state index in [9.17, 15) is 4.79 Å². The maximum absolute atomic E-state index is 11.4. The van der Waals surface area contributed by atoms with Crippen LogP contribution in [0.5, 0.6) is 0 Å². The summed E-state index contributed by atoms with van der Waals surface area (Å²) in [5.74, 6) is -0.449. The first-order valence-electron chi connectivity index (χ1n) is 7.43. The van der Waals surface area contributed by atoms with Crippen LogP contribution in [0, 0.1) is 0 Å². The maximum Gasteiger partial charge on any atom is 0.248 e. The Balaban J connectivity index is 2.54. The molecule has 1 amide bonds. The number of nitrogens with zero attached hydrogens (tertiary/aromatic N) is 2. The predicted octanol–water partition coefficient (Wildman–Crippen LogP) is 2.74. The van der Waals surface area contributed by atoms with Crippen molar-refractivity contribution in [3.63, 3.8) is 0 Å². The molecule has 0 unspecified atom stereocenters. The zero-order valence-corrected chi connectivity index (χ0v) is 13.3. The number of aromatic nitrogens is 1. The second-order valence-corrected chi connectivity index (χ2v) is 4.95. The van der Waals surface area contributed by atoms with Crippen molar-refractivity contribution in [3.05, 3.63) is 42.1 Å². The first-order valence-corrected chi connectivity index (χ1v) is 7.43. The third-order valence-corrected chi connectivity index (χ3v) is 3.72.